The van der Waals surface area contributed by atoms with Crippen molar-refractivity contribution in [3.05, 3.63) is 17.0 Å². The molecule has 3 rings (SSSR count). The van der Waals surface area contributed by atoms with Gasteiger partial charge in [0.05, 0.1) is 4.88 Å². The fourth-order valence-electron chi connectivity index (χ4n) is 2.90. The first kappa shape index (κ1) is 14.4. The van der Waals surface area contributed by atoms with E-state index >= 15 is 0 Å². The molecular formula is C12H17N3O2S3. The van der Waals surface area contributed by atoms with Crippen LogP contribution in [0.15, 0.2) is 16.3 Å². The van der Waals surface area contributed by atoms with Gasteiger partial charge in [-0.1, -0.05) is 12.2 Å². The highest BCUT2D eigenvalue weighted by Crippen LogP contribution is 2.29. The normalized spacial score (nSPS) is 24.7. The molecule has 5 nitrogen and oxygen atoms in total. The Morgan fingerprint density at radius 3 is 2.85 bits per heavy atom. The van der Waals surface area contributed by atoms with Gasteiger partial charge in [0.2, 0.25) is 0 Å². The number of nitrogens with two attached hydrogens (primary N) is 1. The SMILES string of the molecule is NC(=S)c1ccc(S(=O)(=O)N2CCN3CCCC3C2)s1. The van der Waals surface area contributed by atoms with Crippen molar-refractivity contribution in [3.63, 3.8) is 0 Å². The third-order valence-electron chi connectivity index (χ3n) is 3.97. The summed E-state index contributed by atoms with van der Waals surface area (Å²) in [7, 11) is -3.40. The van der Waals surface area contributed by atoms with Crippen LogP contribution in [-0.4, -0.2) is 54.8 Å². The first-order chi connectivity index (χ1) is 9.48. The number of piperazine rings is 1. The summed E-state index contributed by atoms with van der Waals surface area (Å²) in [6.07, 6.45) is 2.26. The van der Waals surface area contributed by atoms with Crippen molar-refractivity contribution in [2.45, 2.75) is 23.1 Å². The Hall–Kier alpha value is -0.540. The summed E-state index contributed by atoms with van der Waals surface area (Å²) in [6, 6.07) is 3.68. The van der Waals surface area contributed by atoms with E-state index in [0.717, 1.165) is 30.8 Å². The zero-order chi connectivity index (χ0) is 14.3. The summed E-state index contributed by atoms with van der Waals surface area (Å²) in [4.78, 5) is 3.29. The minimum absolute atomic E-state index is 0.247. The van der Waals surface area contributed by atoms with E-state index in [2.05, 4.69) is 4.90 Å². The molecule has 0 spiro atoms. The zero-order valence-corrected chi connectivity index (χ0v) is 13.4. The third-order valence-corrected chi connectivity index (χ3v) is 7.77. The number of thiocarbonyl (C=S) groups is 1. The molecule has 2 saturated heterocycles. The number of sulfonamides is 1. The maximum Gasteiger partial charge on any atom is 0.252 e. The number of nitrogens with zero attached hydrogens (tertiary/aromatic N) is 2. The topological polar surface area (TPSA) is 66.6 Å². The molecule has 1 unspecified atom stereocenters. The van der Waals surface area contributed by atoms with Crippen molar-refractivity contribution in [1.29, 1.82) is 0 Å². The molecule has 2 aliphatic rings. The van der Waals surface area contributed by atoms with Gasteiger partial charge in [-0.25, -0.2) is 8.42 Å². The van der Waals surface area contributed by atoms with Gasteiger partial charge in [-0.15, -0.1) is 11.3 Å². The van der Waals surface area contributed by atoms with E-state index in [-0.39, 0.29) is 4.99 Å². The lowest BCUT2D eigenvalue weighted by atomic mass is 10.2. The molecule has 110 valence electrons. The van der Waals surface area contributed by atoms with Gasteiger partial charge in [-0.05, 0) is 31.5 Å². The molecule has 8 heteroatoms. The van der Waals surface area contributed by atoms with Crippen molar-refractivity contribution in [2.75, 3.05) is 26.2 Å². The number of fused-ring (bicyclic) bond motifs is 1. The number of hydrogen-bond acceptors (Lipinski definition) is 5. The lowest BCUT2D eigenvalue weighted by molar-refractivity contribution is 0.158. The van der Waals surface area contributed by atoms with Crippen LogP contribution in [0.3, 0.4) is 0 Å². The second-order valence-corrected chi connectivity index (χ2v) is 8.87. The molecule has 1 aromatic heterocycles. The van der Waals surface area contributed by atoms with Crippen LogP contribution in [-0.2, 0) is 10.0 Å². The molecular weight excluding hydrogens is 314 g/mol. The van der Waals surface area contributed by atoms with E-state index in [0.29, 0.717) is 28.2 Å². The Labute approximate surface area is 128 Å². The van der Waals surface area contributed by atoms with Gasteiger partial charge in [0.1, 0.15) is 9.20 Å². The molecule has 0 saturated carbocycles. The predicted molar refractivity (Wildman–Crippen MR) is 83.6 cm³/mol. The van der Waals surface area contributed by atoms with Gasteiger partial charge in [0, 0.05) is 25.7 Å². The predicted octanol–water partition coefficient (Wildman–Crippen LogP) is 0.851. The Morgan fingerprint density at radius 2 is 2.15 bits per heavy atom. The van der Waals surface area contributed by atoms with Gasteiger partial charge in [0.15, 0.2) is 0 Å². The summed E-state index contributed by atoms with van der Waals surface area (Å²) in [5, 5.41) is 0. The molecule has 0 aliphatic carbocycles. The number of rotatable bonds is 3. The lowest BCUT2D eigenvalue weighted by Gasteiger charge is -2.36. The van der Waals surface area contributed by atoms with Crippen LogP contribution in [0.1, 0.15) is 17.7 Å². The van der Waals surface area contributed by atoms with Crippen molar-refractivity contribution in [1.82, 2.24) is 9.21 Å². The average Bonchev–Trinajstić information content (AvgIpc) is 3.07. The van der Waals surface area contributed by atoms with E-state index < -0.39 is 10.0 Å². The monoisotopic (exact) mass is 331 g/mol. The van der Waals surface area contributed by atoms with Gasteiger partial charge >= 0.3 is 0 Å². The van der Waals surface area contributed by atoms with E-state index in [9.17, 15) is 8.42 Å². The summed E-state index contributed by atoms with van der Waals surface area (Å²) in [5.74, 6) is 0. The van der Waals surface area contributed by atoms with Gasteiger partial charge in [-0.3, -0.25) is 4.90 Å². The quantitative estimate of drug-likeness (QED) is 0.832. The molecule has 2 N–H and O–H groups in total. The summed E-state index contributed by atoms with van der Waals surface area (Å²) in [5.41, 5.74) is 5.55. The van der Waals surface area contributed by atoms with Crippen LogP contribution >= 0.6 is 23.6 Å². The Balaban J connectivity index is 1.82. The molecule has 20 heavy (non-hydrogen) atoms. The van der Waals surface area contributed by atoms with E-state index in [1.807, 2.05) is 0 Å². The Bertz CT molecular complexity index is 626. The number of hydrogen-bond donors (Lipinski definition) is 1. The van der Waals surface area contributed by atoms with Crippen LogP contribution in [0.2, 0.25) is 0 Å². The van der Waals surface area contributed by atoms with Gasteiger partial charge < -0.3 is 5.73 Å². The van der Waals surface area contributed by atoms with Crippen LogP contribution in [0, 0.1) is 0 Å². The highest BCUT2D eigenvalue weighted by atomic mass is 32.2. The molecule has 1 aromatic rings. The largest absolute Gasteiger partial charge is 0.389 e. The molecule has 0 bridgehead atoms. The lowest BCUT2D eigenvalue weighted by Crippen LogP contribution is -2.51. The van der Waals surface area contributed by atoms with Gasteiger partial charge in [0.25, 0.3) is 10.0 Å². The van der Waals surface area contributed by atoms with Crippen molar-refractivity contribution in [2.24, 2.45) is 5.73 Å². The van der Waals surface area contributed by atoms with Crippen molar-refractivity contribution >= 4 is 38.6 Å². The highest BCUT2D eigenvalue weighted by Gasteiger charge is 2.36. The fraction of sp³-hybridized carbons (Fsp3) is 0.583. The second-order valence-electron chi connectivity index (χ2n) is 5.18. The first-order valence-corrected chi connectivity index (χ1v) is 9.29. The molecule has 0 amide bonds. The minimum atomic E-state index is -3.40. The van der Waals surface area contributed by atoms with Crippen LogP contribution in [0.5, 0.6) is 0 Å². The van der Waals surface area contributed by atoms with Crippen LogP contribution < -0.4 is 5.73 Å². The Kier molecular flexibility index (Phi) is 3.85. The minimum Gasteiger partial charge on any atom is -0.389 e. The zero-order valence-electron chi connectivity index (χ0n) is 11.0. The molecule has 2 fully saturated rings. The van der Waals surface area contributed by atoms with E-state index in [4.69, 9.17) is 18.0 Å². The van der Waals surface area contributed by atoms with E-state index in [1.165, 1.54) is 6.42 Å². The highest BCUT2D eigenvalue weighted by molar-refractivity contribution is 7.91. The molecule has 2 aliphatic heterocycles. The maximum absolute atomic E-state index is 12.6. The third kappa shape index (κ3) is 2.50. The average molecular weight is 331 g/mol. The first-order valence-electron chi connectivity index (χ1n) is 6.62. The second kappa shape index (κ2) is 5.34. The van der Waals surface area contributed by atoms with E-state index in [1.54, 1.807) is 16.4 Å². The van der Waals surface area contributed by atoms with Crippen molar-refractivity contribution < 1.29 is 8.42 Å². The van der Waals surface area contributed by atoms with Gasteiger partial charge in [-0.2, -0.15) is 4.31 Å². The maximum atomic E-state index is 12.6. The molecule has 1 atom stereocenters. The standard InChI is InChI=1S/C12H17N3O2S3/c13-12(18)10-3-4-11(19-10)20(16,17)15-7-6-14-5-1-2-9(14)8-15/h3-4,9H,1-2,5-8H2,(H2,13,18). The van der Waals surface area contributed by atoms with Crippen LogP contribution in [0.4, 0.5) is 0 Å². The smallest absolute Gasteiger partial charge is 0.252 e. The summed E-state index contributed by atoms with van der Waals surface area (Å²) < 4.78 is 27.2. The molecule has 3 heterocycles. The molecule has 0 aromatic carbocycles. The summed E-state index contributed by atoms with van der Waals surface area (Å²) >= 11 is 6.05. The van der Waals surface area contributed by atoms with Crippen molar-refractivity contribution in [3.8, 4) is 0 Å². The molecule has 0 radical (unpaired) electrons. The summed E-state index contributed by atoms with van der Waals surface area (Å²) in [6.45, 7) is 3.10. The number of thiophene rings is 1. The van der Waals surface area contributed by atoms with Crippen LogP contribution in [0.25, 0.3) is 0 Å². The fourth-order valence-corrected chi connectivity index (χ4v) is 5.87. The Morgan fingerprint density at radius 1 is 1.35 bits per heavy atom.